The van der Waals surface area contributed by atoms with Crippen molar-refractivity contribution < 1.29 is 27.9 Å². The van der Waals surface area contributed by atoms with Gasteiger partial charge < -0.3 is 23.2 Å². The van der Waals surface area contributed by atoms with Crippen molar-refractivity contribution in [1.29, 1.82) is 0 Å². The summed E-state index contributed by atoms with van der Waals surface area (Å²) in [5.41, 5.74) is 2.73. The maximum absolute atomic E-state index is 13.9. The summed E-state index contributed by atoms with van der Waals surface area (Å²) in [6.07, 6.45) is 0. The molecule has 9 nitrogen and oxygen atoms in total. The summed E-state index contributed by atoms with van der Waals surface area (Å²) in [6, 6.07) is 7.75. The quantitative estimate of drug-likeness (QED) is 0.415. The number of methoxy groups -OCH3 is 3. The van der Waals surface area contributed by atoms with Crippen LogP contribution in [0.1, 0.15) is 44.6 Å². The number of aromatic nitrogens is 1. The summed E-state index contributed by atoms with van der Waals surface area (Å²) < 4.78 is 27.8. The van der Waals surface area contributed by atoms with Gasteiger partial charge >= 0.3 is 0 Å². The molecule has 1 aliphatic rings. The van der Waals surface area contributed by atoms with Crippen molar-refractivity contribution in [3.8, 4) is 17.2 Å². The second-order valence-corrected chi connectivity index (χ2v) is 8.44. The van der Waals surface area contributed by atoms with E-state index in [2.05, 4.69) is 5.16 Å². The van der Waals surface area contributed by atoms with E-state index in [4.69, 9.17) is 23.2 Å². The summed E-state index contributed by atoms with van der Waals surface area (Å²) in [4.78, 5) is 28.9. The molecule has 1 aliphatic heterocycles. The molecular weight excluding hydrogens is 452 g/mol. The van der Waals surface area contributed by atoms with Gasteiger partial charge in [-0.15, -0.1) is 0 Å². The summed E-state index contributed by atoms with van der Waals surface area (Å²) in [5, 5.41) is 4.45. The maximum Gasteiger partial charge on any atom is 0.296 e. The van der Waals surface area contributed by atoms with Crippen LogP contribution >= 0.6 is 0 Å². The van der Waals surface area contributed by atoms with Gasteiger partial charge in [-0.05, 0) is 61.7 Å². The van der Waals surface area contributed by atoms with Crippen molar-refractivity contribution in [2.45, 2.75) is 26.8 Å². The minimum absolute atomic E-state index is 0.0369. The summed E-state index contributed by atoms with van der Waals surface area (Å²) in [5.74, 6) is 1.40. The number of hydrogen-bond acceptors (Lipinski definition) is 8. The van der Waals surface area contributed by atoms with Gasteiger partial charge in [0.1, 0.15) is 11.3 Å². The Labute approximate surface area is 200 Å². The number of hydrogen-bond donors (Lipinski definition) is 0. The first kappa shape index (κ1) is 22.5. The second-order valence-electron chi connectivity index (χ2n) is 8.44. The predicted octanol–water partition coefficient (Wildman–Crippen LogP) is 4.48. The topological polar surface area (TPSA) is 104 Å². The lowest BCUT2D eigenvalue weighted by molar-refractivity contribution is 0.0969. The molecule has 4 aromatic rings. The SMILES string of the molecule is COc1cc(C2c3c(oc4cc(C)c(C)cc4c3=O)C(=O)N2c2cc(C)on2)cc(OC)c1OC. The molecule has 0 bridgehead atoms. The predicted molar refractivity (Wildman–Crippen MR) is 128 cm³/mol. The highest BCUT2D eigenvalue weighted by Gasteiger charge is 2.45. The highest BCUT2D eigenvalue weighted by Crippen LogP contribution is 2.46. The van der Waals surface area contributed by atoms with Gasteiger partial charge in [-0.1, -0.05) is 5.16 Å². The lowest BCUT2D eigenvalue weighted by Crippen LogP contribution is -2.29. The Morgan fingerprint density at radius 1 is 0.886 bits per heavy atom. The Morgan fingerprint density at radius 2 is 1.54 bits per heavy atom. The van der Waals surface area contributed by atoms with Crippen LogP contribution in [0.5, 0.6) is 17.2 Å². The zero-order chi connectivity index (χ0) is 25.0. The molecule has 0 fully saturated rings. The molecular formula is C26H24N2O7. The van der Waals surface area contributed by atoms with Crippen LogP contribution in [0, 0.1) is 20.8 Å². The molecule has 0 radical (unpaired) electrons. The molecule has 0 saturated carbocycles. The molecule has 0 aliphatic carbocycles. The van der Waals surface area contributed by atoms with Crippen LogP contribution in [0.3, 0.4) is 0 Å². The number of ether oxygens (including phenoxy) is 3. The van der Waals surface area contributed by atoms with Crippen molar-refractivity contribution in [2.24, 2.45) is 0 Å². The highest BCUT2D eigenvalue weighted by molar-refractivity contribution is 6.10. The van der Waals surface area contributed by atoms with Gasteiger partial charge in [0, 0.05) is 6.07 Å². The van der Waals surface area contributed by atoms with E-state index in [1.807, 2.05) is 13.8 Å². The number of nitrogens with zero attached hydrogens (tertiary/aromatic N) is 2. The average molecular weight is 476 g/mol. The van der Waals surface area contributed by atoms with E-state index in [1.54, 1.807) is 37.3 Å². The fourth-order valence-corrected chi connectivity index (χ4v) is 4.51. The molecule has 5 rings (SSSR count). The van der Waals surface area contributed by atoms with Gasteiger partial charge in [-0.2, -0.15) is 0 Å². The number of anilines is 1. The monoisotopic (exact) mass is 476 g/mol. The molecule has 9 heteroatoms. The van der Waals surface area contributed by atoms with E-state index in [0.29, 0.717) is 39.5 Å². The smallest absolute Gasteiger partial charge is 0.296 e. The van der Waals surface area contributed by atoms with Crippen LogP contribution in [0.2, 0.25) is 0 Å². The van der Waals surface area contributed by atoms with E-state index < -0.39 is 11.9 Å². The molecule has 1 unspecified atom stereocenters. The first-order valence-electron chi connectivity index (χ1n) is 10.9. The number of rotatable bonds is 5. The van der Waals surface area contributed by atoms with Crippen LogP contribution in [-0.2, 0) is 0 Å². The standard InChI is InChI=1S/C26H24N2O7/c1-12-7-16-17(8-13(12)2)34-25-21(23(16)29)22(28(26(25)30)20-9-14(3)35-27-20)15-10-18(31-4)24(33-6)19(11-15)32-5/h7-11,22H,1-6H3. The van der Waals surface area contributed by atoms with E-state index in [0.717, 1.165) is 11.1 Å². The van der Waals surface area contributed by atoms with Crippen molar-refractivity contribution in [3.63, 3.8) is 0 Å². The summed E-state index contributed by atoms with van der Waals surface area (Å²) in [7, 11) is 4.51. The summed E-state index contributed by atoms with van der Waals surface area (Å²) >= 11 is 0. The van der Waals surface area contributed by atoms with Crippen LogP contribution in [0.4, 0.5) is 5.82 Å². The Hall–Kier alpha value is -4.27. The number of aryl methyl sites for hydroxylation is 3. The molecule has 0 spiro atoms. The molecule has 1 amide bonds. The minimum atomic E-state index is -0.863. The number of amides is 1. The molecule has 180 valence electrons. The molecule has 35 heavy (non-hydrogen) atoms. The Morgan fingerprint density at radius 3 is 2.11 bits per heavy atom. The van der Waals surface area contributed by atoms with Gasteiger partial charge in [-0.25, -0.2) is 0 Å². The lowest BCUT2D eigenvalue weighted by Gasteiger charge is -2.24. The van der Waals surface area contributed by atoms with Crippen molar-refractivity contribution in [2.75, 3.05) is 26.2 Å². The number of benzene rings is 2. The van der Waals surface area contributed by atoms with Crippen molar-refractivity contribution in [1.82, 2.24) is 5.16 Å². The van der Waals surface area contributed by atoms with Crippen LogP contribution in [0.25, 0.3) is 11.0 Å². The lowest BCUT2D eigenvalue weighted by atomic mass is 9.96. The van der Waals surface area contributed by atoms with E-state index in [-0.39, 0.29) is 22.6 Å². The van der Waals surface area contributed by atoms with Gasteiger partial charge in [0.25, 0.3) is 5.91 Å². The zero-order valence-corrected chi connectivity index (χ0v) is 20.2. The number of carbonyl (C=O) groups is 1. The molecule has 3 heterocycles. The third-order valence-electron chi connectivity index (χ3n) is 6.35. The molecule has 2 aromatic carbocycles. The van der Waals surface area contributed by atoms with E-state index >= 15 is 0 Å². The normalized spacial score (nSPS) is 15.0. The van der Waals surface area contributed by atoms with Crippen molar-refractivity contribution >= 4 is 22.7 Å². The molecule has 1 atom stereocenters. The maximum atomic E-state index is 13.9. The largest absolute Gasteiger partial charge is 0.493 e. The van der Waals surface area contributed by atoms with Crippen LogP contribution in [0.15, 0.2) is 44.1 Å². The van der Waals surface area contributed by atoms with Gasteiger partial charge in [0.2, 0.25) is 11.5 Å². The summed E-state index contributed by atoms with van der Waals surface area (Å²) in [6.45, 7) is 5.57. The average Bonchev–Trinajstić information content (AvgIpc) is 3.40. The van der Waals surface area contributed by atoms with Gasteiger partial charge in [0.05, 0.1) is 38.3 Å². The first-order chi connectivity index (χ1) is 16.8. The minimum Gasteiger partial charge on any atom is -0.493 e. The fourth-order valence-electron chi connectivity index (χ4n) is 4.51. The molecule has 2 aromatic heterocycles. The molecule has 0 N–H and O–H groups in total. The van der Waals surface area contributed by atoms with E-state index in [9.17, 15) is 9.59 Å². The zero-order valence-electron chi connectivity index (χ0n) is 20.2. The van der Waals surface area contributed by atoms with Gasteiger partial charge in [0.15, 0.2) is 22.7 Å². The third-order valence-corrected chi connectivity index (χ3v) is 6.35. The second kappa shape index (κ2) is 8.19. The number of fused-ring (bicyclic) bond motifs is 2. The van der Waals surface area contributed by atoms with Gasteiger partial charge in [-0.3, -0.25) is 14.5 Å². The molecule has 0 saturated heterocycles. The van der Waals surface area contributed by atoms with Crippen molar-refractivity contribution in [3.05, 3.63) is 74.3 Å². The highest BCUT2D eigenvalue weighted by atomic mass is 16.5. The first-order valence-corrected chi connectivity index (χ1v) is 10.9. The third kappa shape index (κ3) is 3.34. The number of carbonyl (C=O) groups excluding carboxylic acids is 1. The van der Waals surface area contributed by atoms with Crippen LogP contribution in [-0.4, -0.2) is 32.4 Å². The van der Waals surface area contributed by atoms with E-state index in [1.165, 1.54) is 26.2 Å². The Bertz CT molecular complexity index is 1520. The fraction of sp³-hybridized carbons (Fsp3) is 0.269. The Kier molecular flexibility index (Phi) is 5.27. The Balaban J connectivity index is 1.85. The van der Waals surface area contributed by atoms with Crippen LogP contribution < -0.4 is 24.5 Å².